The summed E-state index contributed by atoms with van der Waals surface area (Å²) >= 11 is 0. The lowest BCUT2D eigenvalue weighted by Crippen LogP contribution is -2.46. The second-order valence-corrected chi connectivity index (χ2v) is 8.39. The number of rotatable bonds is 5. The van der Waals surface area contributed by atoms with Gasteiger partial charge in [0.05, 0.1) is 12.5 Å². The minimum Gasteiger partial charge on any atom is -0.353 e. The van der Waals surface area contributed by atoms with Gasteiger partial charge in [0.1, 0.15) is 5.82 Å². The lowest BCUT2D eigenvalue weighted by molar-refractivity contribution is -0.127. The van der Waals surface area contributed by atoms with E-state index < -0.39 is 0 Å². The maximum atomic E-state index is 13.8. The molecule has 0 bridgehead atoms. The molecule has 156 valence electrons. The predicted octanol–water partition coefficient (Wildman–Crippen LogP) is 3.85. The van der Waals surface area contributed by atoms with Crippen LogP contribution >= 0.6 is 0 Å². The Bertz CT molecular complexity index is 847. The molecule has 2 heterocycles. The minimum atomic E-state index is -0.281. The zero-order valence-electron chi connectivity index (χ0n) is 17.0. The number of piperidine rings is 1. The monoisotopic (exact) mass is 400 g/mol. The van der Waals surface area contributed by atoms with E-state index in [-0.39, 0.29) is 17.6 Å². The van der Waals surface area contributed by atoms with Gasteiger partial charge in [-0.05, 0) is 50.8 Å². The number of carbonyl (C=O) groups excluding carboxylic acids is 1. The third kappa shape index (κ3) is 5.01. The summed E-state index contributed by atoms with van der Waals surface area (Å²) in [4.78, 5) is 19.3. The topological polar surface area (TPSA) is 71.3 Å². The molecule has 1 aromatic heterocycles. The zero-order valence-corrected chi connectivity index (χ0v) is 17.0. The van der Waals surface area contributed by atoms with Crippen molar-refractivity contribution in [2.24, 2.45) is 5.92 Å². The number of carbonyl (C=O) groups is 1. The molecule has 1 unspecified atom stereocenters. The number of nitrogens with zero attached hydrogens (tertiary/aromatic N) is 3. The van der Waals surface area contributed by atoms with Crippen LogP contribution in [0.4, 0.5) is 4.39 Å². The summed E-state index contributed by atoms with van der Waals surface area (Å²) in [6.45, 7) is 3.84. The van der Waals surface area contributed by atoms with E-state index in [2.05, 4.69) is 20.4 Å². The number of nitrogens with one attached hydrogen (secondary N) is 1. The Hall–Kier alpha value is -2.28. The van der Waals surface area contributed by atoms with Crippen LogP contribution < -0.4 is 5.32 Å². The highest BCUT2D eigenvalue weighted by Gasteiger charge is 2.28. The Balaban J connectivity index is 1.34. The van der Waals surface area contributed by atoms with Gasteiger partial charge >= 0.3 is 0 Å². The molecule has 6 nitrogen and oxygen atoms in total. The van der Waals surface area contributed by atoms with Crippen molar-refractivity contribution in [2.45, 2.75) is 64.5 Å². The molecule has 7 heteroatoms. The van der Waals surface area contributed by atoms with Crippen LogP contribution in [-0.2, 0) is 11.3 Å². The average Bonchev–Trinajstić information content (AvgIpc) is 3.19. The van der Waals surface area contributed by atoms with Gasteiger partial charge in [-0.3, -0.25) is 9.69 Å². The fourth-order valence-electron chi connectivity index (χ4n) is 4.34. The smallest absolute Gasteiger partial charge is 0.241 e. The maximum absolute atomic E-state index is 13.8. The van der Waals surface area contributed by atoms with Crippen LogP contribution in [0, 0.1) is 18.7 Å². The molecule has 1 aliphatic carbocycles. The molecule has 0 spiro atoms. The number of aromatic nitrogens is 2. The predicted molar refractivity (Wildman–Crippen MR) is 107 cm³/mol. The Morgan fingerprint density at radius 1 is 1.24 bits per heavy atom. The largest absolute Gasteiger partial charge is 0.353 e. The van der Waals surface area contributed by atoms with Gasteiger partial charge in [0.2, 0.25) is 17.6 Å². The molecule has 1 amide bonds. The van der Waals surface area contributed by atoms with E-state index in [4.69, 9.17) is 4.52 Å². The van der Waals surface area contributed by atoms with Crippen LogP contribution in [0.5, 0.6) is 0 Å². The number of halogens is 1. The van der Waals surface area contributed by atoms with Crippen molar-refractivity contribution in [2.75, 3.05) is 13.1 Å². The van der Waals surface area contributed by atoms with Gasteiger partial charge in [0, 0.05) is 18.2 Å². The number of hydrogen-bond acceptors (Lipinski definition) is 5. The van der Waals surface area contributed by atoms with Crippen LogP contribution in [0.2, 0.25) is 0 Å². The molecule has 2 fully saturated rings. The lowest BCUT2D eigenvalue weighted by Gasteiger charge is -2.32. The summed E-state index contributed by atoms with van der Waals surface area (Å²) in [6.07, 6.45) is 7.82. The van der Waals surface area contributed by atoms with Crippen LogP contribution in [0.3, 0.4) is 0 Å². The summed E-state index contributed by atoms with van der Waals surface area (Å²) < 4.78 is 19.2. The van der Waals surface area contributed by atoms with Gasteiger partial charge in [-0.2, -0.15) is 4.98 Å². The van der Waals surface area contributed by atoms with Gasteiger partial charge in [-0.15, -0.1) is 0 Å². The van der Waals surface area contributed by atoms with Crippen molar-refractivity contribution < 1.29 is 13.7 Å². The van der Waals surface area contributed by atoms with E-state index in [1.54, 1.807) is 19.1 Å². The van der Waals surface area contributed by atoms with E-state index in [0.29, 0.717) is 42.0 Å². The Kier molecular flexibility index (Phi) is 6.23. The second kappa shape index (κ2) is 9.03. The first-order valence-electron chi connectivity index (χ1n) is 10.7. The molecular weight excluding hydrogens is 371 g/mol. The average molecular weight is 400 g/mol. The third-order valence-electron chi connectivity index (χ3n) is 6.08. The standard InChI is InChI=1S/C22H29FN4O2/c1-15-9-10-16(12-19(15)23)21-25-20(29-26-21)14-27-11-5-6-17(13-27)22(28)24-18-7-3-2-4-8-18/h9-10,12,17-18H,2-8,11,13-14H2,1H3,(H,24,28). The fourth-order valence-corrected chi connectivity index (χ4v) is 4.34. The molecule has 1 saturated heterocycles. The quantitative estimate of drug-likeness (QED) is 0.826. The van der Waals surface area contributed by atoms with E-state index in [1.807, 2.05) is 0 Å². The molecule has 1 atom stereocenters. The molecule has 1 aliphatic heterocycles. The Morgan fingerprint density at radius 3 is 2.86 bits per heavy atom. The third-order valence-corrected chi connectivity index (χ3v) is 6.08. The summed E-state index contributed by atoms with van der Waals surface area (Å²) in [5.41, 5.74) is 1.19. The summed E-state index contributed by atoms with van der Waals surface area (Å²) in [5.74, 6) is 0.802. The fraction of sp³-hybridized carbons (Fsp3) is 0.591. The van der Waals surface area contributed by atoms with Crippen LogP contribution in [-0.4, -0.2) is 40.1 Å². The van der Waals surface area contributed by atoms with Crippen molar-refractivity contribution in [3.63, 3.8) is 0 Å². The summed E-state index contributed by atoms with van der Waals surface area (Å²) in [7, 11) is 0. The molecule has 1 aromatic carbocycles. The summed E-state index contributed by atoms with van der Waals surface area (Å²) in [6, 6.07) is 5.27. The van der Waals surface area contributed by atoms with Crippen molar-refractivity contribution >= 4 is 5.91 Å². The SMILES string of the molecule is Cc1ccc(-c2noc(CN3CCCC(C(=O)NC4CCCCC4)C3)n2)cc1F. The van der Waals surface area contributed by atoms with Gasteiger partial charge in [0.15, 0.2) is 0 Å². The molecule has 0 radical (unpaired) electrons. The normalized spacial score (nSPS) is 21.2. The minimum absolute atomic E-state index is 0.0132. The van der Waals surface area contributed by atoms with Crippen molar-refractivity contribution in [3.05, 3.63) is 35.5 Å². The van der Waals surface area contributed by atoms with Gasteiger partial charge < -0.3 is 9.84 Å². The molecule has 2 aliphatic rings. The zero-order chi connectivity index (χ0) is 20.2. The van der Waals surface area contributed by atoms with Crippen LogP contribution in [0.15, 0.2) is 22.7 Å². The summed E-state index contributed by atoms with van der Waals surface area (Å²) in [5, 5.41) is 7.25. The van der Waals surface area contributed by atoms with Gasteiger partial charge in [-0.25, -0.2) is 4.39 Å². The highest BCUT2D eigenvalue weighted by atomic mass is 19.1. The lowest BCUT2D eigenvalue weighted by atomic mass is 9.93. The molecule has 2 aromatic rings. The molecular formula is C22H29FN4O2. The van der Waals surface area contributed by atoms with Crippen LogP contribution in [0.25, 0.3) is 11.4 Å². The van der Waals surface area contributed by atoms with E-state index >= 15 is 0 Å². The number of amides is 1. The first kappa shape index (κ1) is 20.0. The number of likely N-dealkylation sites (tertiary alicyclic amines) is 1. The number of aryl methyl sites for hydroxylation is 1. The molecule has 29 heavy (non-hydrogen) atoms. The highest BCUT2D eigenvalue weighted by Crippen LogP contribution is 2.23. The first-order valence-corrected chi connectivity index (χ1v) is 10.7. The van der Waals surface area contributed by atoms with Crippen molar-refractivity contribution in [1.29, 1.82) is 0 Å². The maximum Gasteiger partial charge on any atom is 0.241 e. The Morgan fingerprint density at radius 2 is 2.07 bits per heavy atom. The molecule has 1 N–H and O–H groups in total. The van der Waals surface area contributed by atoms with Crippen LogP contribution in [0.1, 0.15) is 56.4 Å². The second-order valence-electron chi connectivity index (χ2n) is 8.39. The molecule has 1 saturated carbocycles. The number of hydrogen-bond donors (Lipinski definition) is 1. The van der Waals surface area contributed by atoms with Crippen molar-refractivity contribution in [1.82, 2.24) is 20.4 Å². The van der Waals surface area contributed by atoms with E-state index in [0.717, 1.165) is 32.2 Å². The van der Waals surface area contributed by atoms with Gasteiger partial charge in [0.25, 0.3) is 0 Å². The molecule has 4 rings (SSSR count). The van der Waals surface area contributed by atoms with Gasteiger partial charge in [-0.1, -0.05) is 36.6 Å². The van der Waals surface area contributed by atoms with E-state index in [1.165, 1.54) is 25.3 Å². The Labute approximate surface area is 170 Å². The van der Waals surface area contributed by atoms with Crippen molar-refractivity contribution in [3.8, 4) is 11.4 Å². The highest BCUT2D eigenvalue weighted by molar-refractivity contribution is 5.79. The first-order chi connectivity index (χ1) is 14.1. The number of benzene rings is 1. The van der Waals surface area contributed by atoms with E-state index in [9.17, 15) is 9.18 Å².